The van der Waals surface area contributed by atoms with Crippen molar-refractivity contribution in [1.82, 2.24) is 4.98 Å². The van der Waals surface area contributed by atoms with Crippen LogP contribution in [0.15, 0.2) is 36.7 Å². The largest absolute Gasteiger partial charge is 0.486 e. The van der Waals surface area contributed by atoms with Crippen molar-refractivity contribution < 1.29 is 14.3 Å². The topological polar surface area (TPSA) is 86.5 Å². The Labute approximate surface area is 115 Å². The highest BCUT2D eigenvalue weighted by atomic mass is 16.6. The van der Waals surface area contributed by atoms with Gasteiger partial charge in [0.2, 0.25) is 0 Å². The van der Waals surface area contributed by atoms with Gasteiger partial charge in [0.1, 0.15) is 13.2 Å². The van der Waals surface area contributed by atoms with Gasteiger partial charge in [-0.2, -0.15) is 0 Å². The average Bonchev–Trinajstić information content (AvgIpc) is 2.49. The molecule has 2 heterocycles. The van der Waals surface area contributed by atoms with E-state index in [1.807, 2.05) is 0 Å². The van der Waals surface area contributed by atoms with E-state index >= 15 is 0 Å². The Bertz CT molecular complexity index is 658. The summed E-state index contributed by atoms with van der Waals surface area (Å²) in [7, 11) is 0. The fourth-order valence-corrected chi connectivity index (χ4v) is 1.96. The summed E-state index contributed by atoms with van der Waals surface area (Å²) in [6.45, 7) is 0.907. The summed E-state index contributed by atoms with van der Waals surface area (Å²) < 4.78 is 11.0. The number of aromatic nitrogens is 1. The highest BCUT2D eigenvalue weighted by molar-refractivity contribution is 6.07. The molecule has 0 unspecified atom stereocenters. The predicted molar refractivity (Wildman–Crippen MR) is 74.0 cm³/mol. The van der Waals surface area contributed by atoms with E-state index in [0.717, 1.165) is 0 Å². The summed E-state index contributed by atoms with van der Waals surface area (Å²) in [5.41, 5.74) is 7.09. The number of ether oxygens (including phenoxy) is 2. The van der Waals surface area contributed by atoms with Crippen LogP contribution in [0.2, 0.25) is 0 Å². The first kappa shape index (κ1) is 12.3. The zero-order valence-corrected chi connectivity index (χ0v) is 10.6. The van der Waals surface area contributed by atoms with Gasteiger partial charge in [0, 0.05) is 6.20 Å². The number of nitrogens with one attached hydrogen (secondary N) is 1. The third kappa shape index (κ3) is 2.23. The SMILES string of the molecule is Nc1cnccc1NC(=O)c1cccc2c1OCCO2. The molecule has 1 aliphatic rings. The molecule has 20 heavy (non-hydrogen) atoms. The minimum Gasteiger partial charge on any atom is -0.486 e. The van der Waals surface area contributed by atoms with Gasteiger partial charge in [0.15, 0.2) is 11.5 Å². The quantitative estimate of drug-likeness (QED) is 0.868. The maximum absolute atomic E-state index is 12.3. The van der Waals surface area contributed by atoms with Crippen LogP contribution in [-0.2, 0) is 0 Å². The molecule has 0 saturated carbocycles. The summed E-state index contributed by atoms with van der Waals surface area (Å²) in [6.07, 6.45) is 3.04. The van der Waals surface area contributed by atoms with Crippen molar-refractivity contribution in [2.75, 3.05) is 24.3 Å². The molecule has 0 aliphatic carbocycles. The smallest absolute Gasteiger partial charge is 0.259 e. The van der Waals surface area contributed by atoms with Gasteiger partial charge < -0.3 is 20.5 Å². The molecule has 2 aromatic rings. The molecule has 0 spiro atoms. The molecule has 102 valence electrons. The number of nitrogen functional groups attached to an aromatic ring is 1. The molecule has 1 amide bonds. The van der Waals surface area contributed by atoms with E-state index in [4.69, 9.17) is 15.2 Å². The number of rotatable bonds is 2. The number of carbonyl (C=O) groups excluding carboxylic acids is 1. The van der Waals surface area contributed by atoms with E-state index in [1.54, 1.807) is 30.5 Å². The van der Waals surface area contributed by atoms with Gasteiger partial charge in [-0.05, 0) is 18.2 Å². The lowest BCUT2D eigenvalue weighted by Gasteiger charge is -2.20. The highest BCUT2D eigenvalue weighted by Gasteiger charge is 2.20. The first-order valence-electron chi connectivity index (χ1n) is 6.15. The number of carbonyl (C=O) groups is 1. The first-order valence-corrected chi connectivity index (χ1v) is 6.15. The monoisotopic (exact) mass is 271 g/mol. The molecule has 0 saturated heterocycles. The molecule has 1 aromatic heterocycles. The lowest BCUT2D eigenvalue weighted by molar-refractivity contribution is 0.101. The van der Waals surface area contributed by atoms with Crippen LogP contribution in [0.5, 0.6) is 11.5 Å². The maximum Gasteiger partial charge on any atom is 0.259 e. The van der Waals surface area contributed by atoms with E-state index < -0.39 is 0 Å². The molecular weight excluding hydrogens is 258 g/mol. The van der Waals surface area contributed by atoms with Crippen molar-refractivity contribution >= 4 is 17.3 Å². The molecule has 0 fully saturated rings. The van der Waals surface area contributed by atoms with Crippen molar-refractivity contribution in [2.45, 2.75) is 0 Å². The number of nitrogens with zero attached hydrogens (tertiary/aromatic N) is 1. The third-order valence-corrected chi connectivity index (χ3v) is 2.91. The Kier molecular flexibility index (Phi) is 3.12. The maximum atomic E-state index is 12.3. The Balaban J connectivity index is 1.90. The van der Waals surface area contributed by atoms with Crippen molar-refractivity contribution in [3.8, 4) is 11.5 Å². The molecular formula is C14H13N3O3. The molecule has 0 radical (unpaired) electrons. The second-order valence-corrected chi connectivity index (χ2v) is 4.25. The number of pyridine rings is 1. The average molecular weight is 271 g/mol. The van der Waals surface area contributed by atoms with E-state index in [1.165, 1.54) is 6.20 Å². The van der Waals surface area contributed by atoms with E-state index in [-0.39, 0.29) is 5.91 Å². The highest BCUT2D eigenvalue weighted by Crippen LogP contribution is 2.34. The Morgan fingerprint density at radius 2 is 2.10 bits per heavy atom. The zero-order valence-electron chi connectivity index (χ0n) is 10.6. The van der Waals surface area contributed by atoms with Crippen LogP contribution in [0.3, 0.4) is 0 Å². The molecule has 0 bridgehead atoms. The predicted octanol–water partition coefficient (Wildman–Crippen LogP) is 1.69. The lowest BCUT2D eigenvalue weighted by atomic mass is 10.1. The minimum absolute atomic E-state index is 0.301. The molecule has 6 heteroatoms. The molecule has 6 nitrogen and oxygen atoms in total. The second-order valence-electron chi connectivity index (χ2n) is 4.25. The second kappa shape index (κ2) is 5.08. The molecule has 1 aliphatic heterocycles. The lowest BCUT2D eigenvalue weighted by Crippen LogP contribution is -2.20. The normalized spacial score (nSPS) is 12.8. The fourth-order valence-electron chi connectivity index (χ4n) is 1.96. The van der Waals surface area contributed by atoms with E-state index in [2.05, 4.69) is 10.3 Å². The third-order valence-electron chi connectivity index (χ3n) is 2.91. The van der Waals surface area contributed by atoms with Crippen LogP contribution in [0.4, 0.5) is 11.4 Å². The Morgan fingerprint density at radius 1 is 1.25 bits per heavy atom. The fraction of sp³-hybridized carbons (Fsp3) is 0.143. The summed E-state index contributed by atoms with van der Waals surface area (Å²) in [5.74, 6) is 0.737. The van der Waals surface area contributed by atoms with Crippen LogP contribution in [0.25, 0.3) is 0 Å². The minimum atomic E-state index is -0.301. The number of fused-ring (bicyclic) bond motifs is 1. The zero-order chi connectivity index (χ0) is 13.9. The van der Waals surface area contributed by atoms with Crippen LogP contribution < -0.4 is 20.5 Å². The molecule has 0 atom stereocenters. The van der Waals surface area contributed by atoms with E-state index in [9.17, 15) is 4.79 Å². The van der Waals surface area contributed by atoms with Gasteiger partial charge in [-0.15, -0.1) is 0 Å². The van der Waals surface area contributed by atoms with Crippen LogP contribution >= 0.6 is 0 Å². The number of nitrogens with two attached hydrogens (primary N) is 1. The van der Waals surface area contributed by atoms with Crippen LogP contribution in [-0.4, -0.2) is 24.1 Å². The number of benzene rings is 1. The van der Waals surface area contributed by atoms with Crippen molar-refractivity contribution in [1.29, 1.82) is 0 Å². The van der Waals surface area contributed by atoms with Gasteiger partial charge in [0.25, 0.3) is 5.91 Å². The van der Waals surface area contributed by atoms with Gasteiger partial charge >= 0.3 is 0 Å². The Morgan fingerprint density at radius 3 is 2.95 bits per heavy atom. The van der Waals surface area contributed by atoms with Gasteiger partial charge in [0.05, 0.1) is 23.1 Å². The van der Waals surface area contributed by atoms with E-state index in [0.29, 0.717) is 41.7 Å². The van der Waals surface area contributed by atoms with Crippen molar-refractivity contribution in [3.63, 3.8) is 0 Å². The number of hydrogen-bond acceptors (Lipinski definition) is 5. The number of anilines is 2. The van der Waals surface area contributed by atoms with Crippen molar-refractivity contribution in [2.24, 2.45) is 0 Å². The van der Waals surface area contributed by atoms with Crippen LogP contribution in [0, 0.1) is 0 Å². The summed E-state index contributed by atoms with van der Waals surface area (Å²) in [6, 6.07) is 6.84. The van der Waals surface area contributed by atoms with Gasteiger partial charge in [-0.25, -0.2) is 0 Å². The molecule has 3 N–H and O–H groups in total. The molecule has 3 rings (SSSR count). The van der Waals surface area contributed by atoms with Gasteiger partial charge in [-0.3, -0.25) is 9.78 Å². The van der Waals surface area contributed by atoms with Crippen LogP contribution in [0.1, 0.15) is 10.4 Å². The van der Waals surface area contributed by atoms with Gasteiger partial charge in [-0.1, -0.05) is 6.07 Å². The number of para-hydroxylation sites is 1. The summed E-state index contributed by atoms with van der Waals surface area (Å²) >= 11 is 0. The number of hydrogen-bond donors (Lipinski definition) is 2. The number of amides is 1. The summed E-state index contributed by atoms with van der Waals surface area (Å²) in [5, 5.41) is 2.74. The summed E-state index contributed by atoms with van der Waals surface area (Å²) in [4.78, 5) is 16.2. The Hall–Kier alpha value is -2.76. The first-order chi connectivity index (χ1) is 9.75. The van der Waals surface area contributed by atoms with Crippen molar-refractivity contribution in [3.05, 3.63) is 42.2 Å². The standard InChI is InChI=1S/C14H13N3O3/c15-10-8-16-5-4-11(10)17-14(18)9-2-1-3-12-13(9)20-7-6-19-12/h1-5,8H,6-7,15H2,(H,16,17,18). The molecule has 1 aromatic carbocycles.